The van der Waals surface area contributed by atoms with Crippen molar-refractivity contribution in [2.45, 2.75) is 25.5 Å². The molecule has 2 aromatic rings. The van der Waals surface area contributed by atoms with Crippen molar-refractivity contribution in [2.24, 2.45) is 5.92 Å². The van der Waals surface area contributed by atoms with Crippen LogP contribution < -0.4 is 0 Å². The molecule has 1 aliphatic heterocycles. The minimum atomic E-state index is -1.04. The molecular weight excluding hydrogens is 354 g/mol. The topological polar surface area (TPSA) is 66.8 Å². The van der Waals surface area contributed by atoms with Crippen LogP contribution in [0.1, 0.15) is 24.2 Å². The summed E-state index contributed by atoms with van der Waals surface area (Å²) in [7, 11) is 0. The molecule has 5 nitrogen and oxygen atoms in total. The lowest BCUT2D eigenvalue weighted by Crippen LogP contribution is -2.44. The highest BCUT2D eigenvalue weighted by atomic mass is 35.5. The third-order valence-corrected chi connectivity index (χ3v) is 4.84. The Labute approximate surface area is 157 Å². The maximum Gasteiger partial charge on any atom is 0.416 e. The van der Waals surface area contributed by atoms with Crippen LogP contribution in [0.3, 0.4) is 0 Å². The van der Waals surface area contributed by atoms with Crippen LogP contribution in [0.2, 0.25) is 5.02 Å². The van der Waals surface area contributed by atoms with Gasteiger partial charge in [-0.25, -0.2) is 9.69 Å². The Bertz CT molecular complexity index is 778. The van der Waals surface area contributed by atoms with Crippen molar-refractivity contribution < 1.29 is 19.4 Å². The van der Waals surface area contributed by atoms with Gasteiger partial charge in [-0.2, -0.15) is 0 Å². The summed E-state index contributed by atoms with van der Waals surface area (Å²) in [5.74, 6) is -1.24. The summed E-state index contributed by atoms with van der Waals surface area (Å²) in [6.45, 7) is 1.76. The highest BCUT2D eigenvalue weighted by Gasteiger charge is 2.41. The van der Waals surface area contributed by atoms with Crippen molar-refractivity contribution in [3.8, 4) is 0 Å². The number of halogens is 1. The summed E-state index contributed by atoms with van der Waals surface area (Å²) in [5, 5.41) is 11.1. The van der Waals surface area contributed by atoms with E-state index in [4.69, 9.17) is 16.3 Å². The molecule has 3 rings (SSSR count). The fourth-order valence-corrected chi connectivity index (χ4v) is 3.20. The van der Waals surface area contributed by atoms with Crippen LogP contribution in [0.15, 0.2) is 54.6 Å². The van der Waals surface area contributed by atoms with Gasteiger partial charge in [-0.1, -0.05) is 61.0 Å². The molecule has 26 heavy (non-hydrogen) atoms. The summed E-state index contributed by atoms with van der Waals surface area (Å²) in [5.41, 5.74) is 1.59. The highest BCUT2D eigenvalue weighted by molar-refractivity contribution is 6.30. The number of benzene rings is 2. The SMILES string of the molecule is CC(C(=O)N1C(=O)OCC1Cc1ccccc1)C(O)c1ccc(Cl)cc1. The zero-order chi connectivity index (χ0) is 18.7. The molecule has 1 aliphatic rings. The van der Waals surface area contributed by atoms with Gasteiger partial charge in [0.05, 0.1) is 18.1 Å². The molecule has 2 amide bonds. The van der Waals surface area contributed by atoms with Crippen LogP contribution in [0.5, 0.6) is 0 Å². The van der Waals surface area contributed by atoms with Gasteiger partial charge in [-0.05, 0) is 29.7 Å². The van der Waals surface area contributed by atoms with Crippen molar-refractivity contribution in [2.75, 3.05) is 6.61 Å². The molecule has 1 fully saturated rings. The van der Waals surface area contributed by atoms with E-state index in [9.17, 15) is 14.7 Å². The molecule has 1 N–H and O–H groups in total. The number of nitrogens with zero attached hydrogens (tertiary/aromatic N) is 1. The number of cyclic esters (lactones) is 1. The Kier molecular flexibility index (Phi) is 5.59. The summed E-state index contributed by atoms with van der Waals surface area (Å²) in [6, 6.07) is 15.9. The summed E-state index contributed by atoms with van der Waals surface area (Å²) >= 11 is 5.86. The van der Waals surface area contributed by atoms with Crippen LogP contribution in [-0.2, 0) is 16.0 Å². The fourth-order valence-electron chi connectivity index (χ4n) is 3.07. The first-order valence-corrected chi connectivity index (χ1v) is 8.82. The zero-order valence-corrected chi connectivity index (χ0v) is 15.1. The Balaban J connectivity index is 1.75. The van der Waals surface area contributed by atoms with Crippen LogP contribution in [0.4, 0.5) is 4.79 Å². The van der Waals surface area contributed by atoms with E-state index >= 15 is 0 Å². The minimum Gasteiger partial charge on any atom is -0.447 e. The number of amides is 2. The average Bonchev–Trinajstić information content (AvgIpc) is 3.01. The van der Waals surface area contributed by atoms with Crippen LogP contribution in [0.25, 0.3) is 0 Å². The van der Waals surface area contributed by atoms with Gasteiger partial charge < -0.3 is 9.84 Å². The van der Waals surface area contributed by atoms with E-state index in [0.29, 0.717) is 17.0 Å². The van der Waals surface area contributed by atoms with Gasteiger partial charge in [0.25, 0.3) is 0 Å². The molecule has 0 bridgehead atoms. The number of aliphatic hydroxyl groups excluding tert-OH is 1. The van der Waals surface area contributed by atoms with Gasteiger partial charge in [0.1, 0.15) is 6.61 Å². The maximum absolute atomic E-state index is 12.9. The second-order valence-corrected chi connectivity index (χ2v) is 6.85. The third-order valence-electron chi connectivity index (χ3n) is 4.59. The molecule has 0 aromatic heterocycles. The van der Waals surface area contributed by atoms with Gasteiger partial charge >= 0.3 is 6.09 Å². The Morgan fingerprint density at radius 2 is 1.88 bits per heavy atom. The van der Waals surface area contributed by atoms with E-state index in [1.54, 1.807) is 31.2 Å². The number of imide groups is 1. The van der Waals surface area contributed by atoms with Crippen molar-refractivity contribution in [1.29, 1.82) is 0 Å². The monoisotopic (exact) mass is 373 g/mol. The zero-order valence-electron chi connectivity index (χ0n) is 14.3. The minimum absolute atomic E-state index is 0.156. The summed E-state index contributed by atoms with van der Waals surface area (Å²) < 4.78 is 5.09. The lowest BCUT2D eigenvalue weighted by atomic mass is 9.95. The number of hydrogen-bond acceptors (Lipinski definition) is 4. The molecular formula is C20H20ClNO4. The predicted octanol–water partition coefficient (Wildman–Crippen LogP) is 3.60. The van der Waals surface area contributed by atoms with Gasteiger partial charge in [0.2, 0.25) is 5.91 Å². The Hall–Kier alpha value is -2.37. The molecule has 0 radical (unpaired) electrons. The number of ether oxygens (including phenoxy) is 1. The number of hydrogen-bond donors (Lipinski definition) is 1. The van der Waals surface area contributed by atoms with E-state index in [2.05, 4.69) is 0 Å². The van der Waals surface area contributed by atoms with E-state index in [1.807, 2.05) is 30.3 Å². The van der Waals surface area contributed by atoms with Gasteiger partial charge in [-0.15, -0.1) is 0 Å². The first kappa shape index (κ1) is 18.4. The fraction of sp³-hybridized carbons (Fsp3) is 0.300. The quantitative estimate of drug-likeness (QED) is 0.869. The summed E-state index contributed by atoms with van der Waals surface area (Å²) in [4.78, 5) is 26.1. The lowest BCUT2D eigenvalue weighted by Gasteiger charge is -2.25. The van der Waals surface area contributed by atoms with Crippen LogP contribution in [-0.4, -0.2) is 34.7 Å². The molecule has 0 saturated carbocycles. The standard InChI is InChI=1S/C20H20ClNO4/c1-13(18(23)15-7-9-16(21)10-8-15)19(24)22-17(12-26-20(22)25)11-14-5-3-2-4-6-14/h2-10,13,17-18,23H,11-12H2,1H3. The van der Waals surface area contributed by atoms with Crippen molar-refractivity contribution in [1.82, 2.24) is 4.90 Å². The molecule has 0 spiro atoms. The van der Waals surface area contributed by atoms with Gasteiger partial charge in [0, 0.05) is 5.02 Å². The molecule has 1 saturated heterocycles. The van der Waals surface area contributed by atoms with Gasteiger partial charge in [0.15, 0.2) is 0 Å². The van der Waals surface area contributed by atoms with E-state index in [0.717, 1.165) is 10.5 Å². The Morgan fingerprint density at radius 3 is 2.54 bits per heavy atom. The maximum atomic E-state index is 12.9. The van der Waals surface area contributed by atoms with Gasteiger partial charge in [-0.3, -0.25) is 4.79 Å². The lowest BCUT2D eigenvalue weighted by molar-refractivity contribution is -0.136. The van der Waals surface area contributed by atoms with E-state index in [1.165, 1.54) is 0 Å². The smallest absolute Gasteiger partial charge is 0.416 e. The third kappa shape index (κ3) is 3.89. The largest absolute Gasteiger partial charge is 0.447 e. The second kappa shape index (κ2) is 7.89. The molecule has 2 aromatic carbocycles. The van der Waals surface area contributed by atoms with Crippen LogP contribution in [0, 0.1) is 5.92 Å². The number of carbonyl (C=O) groups excluding carboxylic acids is 2. The predicted molar refractivity (Wildman–Crippen MR) is 97.7 cm³/mol. The normalized spacial score (nSPS) is 19.1. The Morgan fingerprint density at radius 1 is 1.23 bits per heavy atom. The molecule has 6 heteroatoms. The number of carbonyl (C=O) groups is 2. The molecule has 3 atom stereocenters. The molecule has 136 valence electrons. The average molecular weight is 374 g/mol. The van der Waals surface area contributed by atoms with E-state index in [-0.39, 0.29) is 12.6 Å². The second-order valence-electron chi connectivity index (χ2n) is 6.41. The van der Waals surface area contributed by atoms with Crippen molar-refractivity contribution >= 4 is 23.6 Å². The number of aliphatic hydroxyl groups is 1. The van der Waals surface area contributed by atoms with Crippen molar-refractivity contribution in [3.05, 3.63) is 70.7 Å². The molecule has 1 heterocycles. The highest BCUT2D eigenvalue weighted by Crippen LogP contribution is 2.28. The summed E-state index contributed by atoms with van der Waals surface area (Å²) in [6.07, 6.45) is -1.18. The number of rotatable bonds is 5. The van der Waals surface area contributed by atoms with E-state index < -0.39 is 24.0 Å². The molecule has 3 unspecified atom stereocenters. The first-order chi connectivity index (χ1) is 12.5. The molecule has 0 aliphatic carbocycles. The first-order valence-electron chi connectivity index (χ1n) is 8.44. The van der Waals surface area contributed by atoms with Crippen molar-refractivity contribution in [3.63, 3.8) is 0 Å². The van der Waals surface area contributed by atoms with Crippen LogP contribution >= 0.6 is 11.6 Å².